The number of rotatable bonds is 13. The molecule has 0 aliphatic heterocycles. The van der Waals surface area contributed by atoms with E-state index < -0.39 is 28.5 Å². The van der Waals surface area contributed by atoms with Gasteiger partial charge >= 0.3 is 0 Å². The Labute approximate surface area is 238 Å². The van der Waals surface area contributed by atoms with E-state index in [9.17, 15) is 18.0 Å². The van der Waals surface area contributed by atoms with Gasteiger partial charge in [0, 0.05) is 13.1 Å². The van der Waals surface area contributed by atoms with Gasteiger partial charge in [-0.2, -0.15) is 0 Å². The number of benzene rings is 3. The quantitative estimate of drug-likeness (QED) is 0.320. The Morgan fingerprint density at radius 1 is 0.925 bits per heavy atom. The number of sulfonamides is 1. The smallest absolute Gasteiger partial charge is 0.264 e. The fourth-order valence-corrected chi connectivity index (χ4v) is 5.87. The molecule has 214 valence electrons. The van der Waals surface area contributed by atoms with Crippen LogP contribution in [0.5, 0.6) is 5.75 Å². The Kier molecular flexibility index (Phi) is 10.7. The average molecular weight is 566 g/mol. The maximum absolute atomic E-state index is 14.2. The van der Waals surface area contributed by atoms with Crippen molar-refractivity contribution >= 4 is 27.5 Å². The number of para-hydroxylation sites is 2. The van der Waals surface area contributed by atoms with E-state index in [1.807, 2.05) is 52.0 Å². The van der Waals surface area contributed by atoms with Crippen molar-refractivity contribution in [1.82, 2.24) is 10.2 Å². The van der Waals surface area contributed by atoms with Crippen LogP contribution >= 0.6 is 0 Å². The number of nitrogens with one attached hydrogen (secondary N) is 1. The molecule has 3 rings (SSSR count). The van der Waals surface area contributed by atoms with Gasteiger partial charge in [0.15, 0.2) is 0 Å². The minimum atomic E-state index is -4.17. The zero-order chi connectivity index (χ0) is 29.3. The Morgan fingerprint density at radius 3 is 2.20 bits per heavy atom. The monoisotopic (exact) mass is 565 g/mol. The number of anilines is 1. The zero-order valence-electron chi connectivity index (χ0n) is 23.9. The number of carbonyl (C=O) groups excluding carboxylic acids is 2. The fourth-order valence-electron chi connectivity index (χ4n) is 4.44. The lowest BCUT2D eigenvalue weighted by Crippen LogP contribution is -2.52. The molecule has 0 aliphatic rings. The maximum Gasteiger partial charge on any atom is 0.264 e. The summed E-state index contributed by atoms with van der Waals surface area (Å²) in [6.07, 6.45) is 1.12. The minimum Gasteiger partial charge on any atom is -0.495 e. The van der Waals surface area contributed by atoms with Crippen molar-refractivity contribution in [2.45, 2.75) is 58.0 Å². The topological polar surface area (TPSA) is 96.0 Å². The second-order valence-electron chi connectivity index (χ2n) is 9.66. The van der Waals surface area contributed by atoms with E-state index >= 15 is 0 Å². The third kappa shape index (κ3) is 7.21. The molecular formula is C31H39N3O5S. The highest BCUT2D eigenvalue weighted by Gasteiger charge is 2.34. The summed E-state index contributed by atoms with van der Waals surface area (Å²) >= 11 is 0. The molecule has 2 amide bonds. The van der Waals surface area contributed by atoms with Crippen LogP contribution in [0.4, 0.5) is 5.69 Å². The molecule has 0 fully saturated rings. The summed E-state index contributed by atoms with van der Waals surface area (Å²) in [5.74, 6) is -0.455. The maximum atomic E-state index is 14.2. The Morgan fingerprint density at radius 2 is 1.57 bits per heavy atom. The number of aryl methyl sites for hydroxylation is 2. The molecule has 0 radical (unpaired) electrons. The molecule has 0 bridgehead atoms. The van der Waals surface area contributed by atoms with Crippen LogP contribution in [-0.4, -0.2) is 51.4 Å². The van der Waals surface area contributed by atoms with Crippen LogP contribution in [-0.2, 0) is 26.2 Å². The van der Waals surface area contributed by atoms with E-state index in [0.717, 1.165) is 27.4 Å². The molecule has 0 saturated heterocycles. The van der Waals surface area contributed by atoms with Crippen LogP contribution in [0.3, 0.4) is 0 Å². The lowest BCUT2D eigenvalue weighted by Gasteiger charge is -2.33. The van der Waals surface area contributed by atoms with Crippen molar-refractivity contribution in [2.24, 2.45) is 0 Å². The van der Waals surface area contributed by atoms with Crippen LogP contribution in [0.15, 0.2) is 77.7 Å². The van der Waals surface area contributed by atoms with Gasteiger partial charge in [0.2, 0.25) is 11.8 Å². The summed E-state index contributed by atoms with van der Waals surface area (Å²) in [7, 11) is -2.72. The molecule has 1 atom stereocenters. The Bertz CT molecular complexity index is 1410. The van der Waals surface area contributed by atoms with Crippen molar-refractivity contribution in [2.75, 3.05) is 24.5 Å². The zero-order valence-corrected chi connectivity index (χ0v) is 24.7. The van der Waals surface area contributed by atoms with E-state index in [1.165, 1.54) is 24.1 Å². The second kappa shape index (κ2) is 14.0. The summed E-state index contributed by atoms with van der Waals surface area (Å²) in [6.45, 7) is 7.74. The summed E-state index contributed by atoms with van der Waals surface area (Å²) < 4.78 is 34.6. The number of ether oxygens (including phenoxy) is 1. The summed E-state index contributed by atoms with van der Waals surface area (Å²) in [5.41, 5.74) is 2.99. The van der Waals surface area contributed by atoms with Crippen molar-refractivity contribution in [1.29, 1.82) is 0 Å². The first-order chi connectivity index (χ1) is 19.1. The third-order valence-electron chi connectivity index (χ3n) is 6.78. The molecule has 3 aromatic rings. The van der Waals surface area contributed by atoms with Crippen molar-refractivity contribution in [3.05, 3.63) is 89.5 Å². The summed E-state index contributed by atoms with van der Waals surface area (Å²) in [4.78, 5) is 28.9. The van der Waals surface area contributed by atoms with Crippen LogP contribution in [0.1, 0.15) is 43.4 Å². The van der Waals surface area contributed by atoms with Gasteiger partial charge in [0.05, 0.1) is 17.7 Å². The van der Waals surface area contributed by atoms with Gasteiger partial charge < -0.3 is 15.0 Å². The minimum absolute atomic E-state index is 0.0509. The molecule has 8 nitrogen and oxygen atoms in total. The predicted molar refractivity (Wildman–Crippen MR) is 158 cm³/mol. The first kappa shape index (κ1) is 30.7. The Balaban J connectivity index is 2.10. The average Bonchev–Trinajstić information content (AvgIpc) is 2.95. The first-order valence-corrected chi connectivity index (χ1v) is 14.9. The van der Waals surface area contributed by atoms with E-state index in [4.69, 9.17) is 4.74 Å². The number of nitrogens with zero attached hydrogens (tertiary/aromatic N) is 2. The molecule has 0 saturated carbocycles. The number of hydrogen-bond acceptors (Lipinski definition) is 5. The van der Waals surface area contributed by atoms with E-state index in [1.54, 1.807) is 36.4 Å². The van der Waals surface area contributed by atoms with Crippen LogP contribution in [0.2, 0.25) is 0 Å². The van der Waals surface area contributed by atoms with E-state index in [-0.39, 0.29) is 23.0 Å². The molecular weight excluding hydrogens is 526 g/mol. The van der Waals surface area contributed by atoms with Crippen molar-refractivity contribution in [3.8, 4) is 5.75 Å². The second-order valence-corrected chi connectivity index (χ2v) is 11.5. The van der Waals surface area contributed by atoms with Gasteiger partial charge in [-0.3, -0.25) is 13.9 Å². The van der Waals surface area contributed by atoms with Gasteiger partial charge in [0.25, 0.3) is 10.0 Å². The third-order valence-corrected chi connectivity index (χ3v) is 8.55. The van der Waals surface area contributed by atoms with Gasteiger partial charge in [-0.25, -0.2) is 8.42 Å². The molecule has 0 aliphatic carbocycles. The lowest BCUT2D eigenvalue weighted by atomic mass is 10.1. The fraction of sp³-hybridized carbons (Fsp3) is 0.355. The SMILES string of the molecule is CCCNC(=O)[C@@H](CC)N(Cc1ccccc1C)C(=O)CN(c1ccccc1OC)S(=O)(=O)c1ccc(C)cc1. The number of hydrogen-bond donors (Lipinski definition) is 1. The highest BCUT2D eigenvalue weighted by atomic mass is 32.2. The van der Waals surface area contributed by atoms with Crippen LogP contribution < -0.4 is 14.4 Å². The van der Waals surface area contributed by atoms with Gasteiger partial charge in [-0.15, -0.1) is 0 Å². The highest BCUT2D eigenvalue weighted by molar-refractivity contribution is 7.92. The predicted octanol–water partition coefficient (Wildman–Crippen LogP) is 4.84. The van der Waals surface area contributed by atoms with E-state index in [0.29, 0.717) is 18.7 Å². The number of methoxy groups -OCH3 is 1. The molecule has 9 heteroatoms. The number of carbonyl (C=O) groups is 2. The standard InChI is InChI=1S/C31H39N3O5S/c1-6-20-32-31(36)27(7-2)33(21-25-13-9-8-12-24(25)4)30(35)22-34(28-14-10-11-15-29(28)39-5)40(37,38)26-18-16-23(3)17-19-26/h8-19,27H,6-7,20-22H2,1-5H3,(H,32,36)/t27-/m1/s1. The van der Waals surface area contributed by atoms with Gasteiger partial charge in [-0.05, 0) is 62.1 Å². The highest BCUT2D eigenvalue weighted by Crippen LogP contribution is 2.32. The molecule has 1 N–H and O–H groups in total. The normalized spacial score (nSPS) is 11.9. The Hall–Kier alpha value is -3.85. The largest absolute Gasteiger partial charge is 0.495 e. The van der Waals surface area contributed by atoms with Crippen LogP contribution in [0.25, 0.3) is 0 Å². The van der Waals surface area contributed by atoms with E-state index in [2.05, 4.69) is 5.32 Å². The number of amides is 2. The molecule has 3 aromatic carbocycles. The molecule has 0 unspecified atom stereocenters. The van der Waals surface area contributed by atoms with Gasteiger partial charge in [-0.1, -0.05) is 67.9 Å². The van der Waals surface area contributed by atoms with Crippen LogP contribution in [0, 0.1) is 13.8 Å². The van der Waals surface area contributed by atoms with Gasteiger partial charge in [0.1, 0.15) is 18.3 Å². The lowest BCUT2D eigenvalue weighted by molar-refractivity contribution is -0.140. The molecule has 40 heavy (non-hydrogen) atoms. The van der Waals surface area contributed by atoms with Crippen molar-refractivity contribution < 1.29 is 22.7 Å². The first-order valence-electron chi connectivity index (χ1n) is 13.5. The summed E-state index contributed by atoms with van der Waals surface area (Å²) in [6, 6.07) is 20.0. The molecule has 0 aromatic heterocycles. The van der Waals surface area contributed by atoms with Crippen molar-refractivity contribution in [3.63, 3.8) is 0 Å². The summed E-state index contributed by atoms with van der Waals surface area (Å²) in [5, 5.41) is 2.90. The molecule has 0 heterocycles. The molecule has 0 spiro atoms.